The molecule has 0 unspecified atom stereocenters. The predicted octanol–water partition coefficient (Wildman–Crippen LogP) is 4.33. The lowest BCUT2D eigenvalue weighted by Crippen LogP contribution is -2.05. The van der Waals surface area contributed by atoms with E-state index >= 15 is 0 Å². The van der Waals surface area contributed by atoms with Gasteiger partial charge in [-0.15, -0.1) is 0 Å². The van der Waals surface area contributed by atoms with Gasteiger partial charge in [0.1, 0.15) is 29.0 Å². The normalized spacial score (nSPS) is 10.2. The van der Waals surface area contributed by atoms with Gasteiger partial charge in [-0.2, -0.15) is 10.5 Å². The SMILES string of the molecule is CCOC(=O)c1c(-c2ccc(C)cc2)oc2cc(C#N)c(C#N)cc12. The van der Waals surface area contributed by atoms with Gasteiger partial charge in [-0.3, -0.25) is 0 Å². The third kappa shape index (κ3) is 2.84. The van der Waals surface area contributed by atoms with Crippen molar-refractivity contribution in [1.82, 2.24) is 0 Å². The summed E-state index contributed by atoms with van der Waals surface area (Å²) in [6.45, 7) is 3.91. The van der Waals surface area contributed by atoms with Crippen LogP contribution in [0.3, 0.4) is 0 Å². The molecule has 5 nitrogen and oxygen atoms in total. The number of carbonyl (C=O) groups is 1. The molecule has 0 spiro atoms. The van der Waals surface area contributed by atoms with Crippen molar-refractivity contribution in [2.24, 2.45) is 0 Å². The van der Waals surface area contributed by atoms with Crippen LogP contribution in [0.2, 0.25) is 0 Å². The molecule has 0 saturated carbocycles. The van der Waals surface area contributed by atoms with Gasteiger partial charge in [-0.1, -0.05) is 29.8 Å². The smallest absolute Gasteiger partial charge is 0.342 e. The van der Waals surface area contributed by atoms with Gasteiger partial charge < -0.3 is 9.15 Å². The number of nitriles is 2. The number of aryl methyl sites for hydroxylation is 1. The molecular weight excluding hydrogens is 316 g/mol. The first-order valence-corrected chi connectivity index (χ1v) is 7.74. The molecule has 5 heteroatoms. The minimum atomic E-state index is -0.523. The maximum absolute atomic E-state index is 12.5. The highest BCUT2D eigenvalue weighted by Crippen LogP contribution is 2.35. The van der Waals surface area contributed by atoms with Gasteiger partial charge in [0.05, 0.1) is 17.7 Å². The highest BCUT2D eigenvalue weighted by atomic mass is 16.5. The average molecular weight is 330 g/mol. The summed E-state index contributed by atoms with van der Waals surface area (Å²) < 4.78 is 11.0. The molecule has 0 radical (unpaired) electrons. The molecule has 0 amide bonds. The van der Waals surface area contributed by atoms with E-state index in [1.54, 1.807) is 6.92 Å². The van der Waals surface area contributed by atoms with Gasteiger partial charge in [0.2, 0.25) is 0 Å². The van der Waals surface area contributed by atoms with Crippen molar-refractivity contribution in [2.75, 3.05) is 6.61 Å². The van der Waals surface area contributed by atoms with Crippen molar-refractivity contribution in [1.29, 1.82) is 10.5 Å². The highest BCUT2D eigenvalue weighted by Gasteiger charge is 2.24. The van der Waals surface area contributed by atoms with E-state index in [9.17, 15) is 15.3 Å². The molecule has 0 atom stereocenters. The van der Waals surface area contributed by atoms with Gasteiger partial charge in [0.15, 0.2) is 0 Å². The molecule has 0 bridgehead atoms. The van der Waals surface area contributed by atoms with E-state index in [-0.39, 0.29) is 23.3 Å². The van der Waals surface area contributed by atoms with Crippen LogP contribution >= 0.6 is 0 Å². The first-order chi connectivity index (χ1) is 12.1. The number of ether oxygens (including phenoxy) is 1. The molecule has 2 aromatic carbocycles. The van der Waals surface area contributed by atoms with Crippen molar-refractivity contribution in [2.45, 2.75) is 13.8 Å². The maximum Gasteiger partial charge on any atom is 0.342 e. The highest BCUT2D eigenvalue weighted by molar-refractivity contribution is 6.09. The molecule has 0 aliphatic rings. The van der Waals surface area contributed by atoms with Crippen molar-refractivity contribution in [3.8, 4) is 23.5 Å². The Balaban J connectivity index is 2.34. The number of esters is 1. The molecule has 122 valence electrons. The molecule has 1 heterocycles. The van der Waals surface area contributed by atoms with E-state index in [1.807, 2.05) is 43.3 Å². The van der Waals surface area contributed by atoms with Crippen LogP contribution in [0.15, 0.2) is 40.8 Å². The van der Waals surface area contributed by atoms with Crippen molar-refractivity contribution >= 4 is 16.9 Å². The molecule has 0 fully saturated rings. The Morgan fingerprint density at radius 2 is 1.76 bits per heavy atom. The Bertz CT molecular complexity index is 1050. The third-order valence-corrected chi connectivity index (χ3v) is 3.86. The second-order valence-electron chi connectivity index (χ2n) is 5.51. The third-order valence-electron chi connectivity index (χ3n) is 3.86. The van der Waals surface area contributed by atoms with Gasteiger partial charge in [-0.25, -0.2) is 4.79 Å². The van der Waals surface area contributed by atoms with Crippen LogP contribution in [0.25, 0.3) is 22.3 Å². The lowest BCUT2D eigenvalue weighted by Gasteiger charge is -2.04. The Morgan fingerprint density at radius 3 is 2.36 bits per heavy atom. The number of benzene rings is 2. The fraction of sp³-hybridized carbons (Fsp3) is 0.150. The fourth-order valence-electron chi connectivity index (χ4n) is 2.64. The molecule has 0 N–H and O–H groups in total. The summed E-state index contributed by atoms with van der Waals surface area (Å²) in [6, 6.07) is 14.5. The van der Waals surface area contributed by atoms with E-state index in [0.717, 1.165) is 11.1 Å². The molecule has 3 rings (SSSR count). The number of nitrogens with zero attached hydrogens (tertiary/aromatic N) is 2. The number of rotatable bonds is 3. The molecule has 1 aromatic heterocycles. The minimum Gasteiger partial charge on any atom is -0.462 e. The van der Waals surface area contributed by atoms with Crippen LogP contribution in [0.1, 0.15) is 34.0 Å². The van der Waals surface area contributed by atoms with E-state index in [0.29, 0.717) is 16.7 Å². The number of hydrogen-bond donors (Lipinski definition) is 0. The van der Waals surface area contributed by atoms with E-state index in [4.69, 9.17) is 9.15 Å². The Kier molecular flexibility index (Phi) is 4.24. The first-order valence-electron chi connectivity index (χ1n) is 7.74. The van der Waals surface area contributed by atoms with E-state index in [1.165, 1.54) is 12.1 Å². The van der Waals surface area contributed by atoms with Gasteiger partial charge in [-0.05, 0) is 19.9 Å². The van der Waals surface area contributed by atoms with Crippen LogP contribution in [0, 0.1) is 29.6 Å². The zero-order valence-electron chi connectivity index (χ0n) is 13.8. The van der Waals surface area contributed by atoms with Crippen LogP contribution in [0.5, 0.6) is 0 Å². The standard InChI is InChI=1S/C20H14N2O3/c1-3-24-20(23)18-16-8-14(10-21)15(11-22)9-17(16)25-19(18)13-6-4-12(2)5-7-13/h4-9H,3H2,1-2H3. The van der Waals surface area contributed by atoms with Gasteiger partial charge in [0.25, 0.3) is 0 Å². The summed E-state index contributed by atoms with van der Waals surface area (Å²) >= 11 is 0. The average Bonchev–Trinajstić information content (AvgIpc) is 2.99. The van der Waals surface area contributed by atoms with Crippen LogP contribution in [0.4, 0.5) is 0 Å². The molecule has 25 heavy (non-hydrogen) atoms. The topological polar surface area (TPSA) is 87.0 Å². The van der Waals surface area contributed by atoms with Crippen molar-refractivity contribution < 1.29 is 13.9 Å². The lowest BCUT2D eigenvalue weighted by molar-refractivity contribution is 0.0529. The summed E-state index contributed by atoms with van der Waals surface area (Å²) in [5.74, 6) is -0.155. The molecule has 3 aromatic rings. The van der Waals surface area contributed by atoms with Crippen molar-refractivity contribution in [3.63, 3.8) is 0 Å². The molecular formula is C20H14N2O3. The molecule has 0 aliphatic carbocycles. The quantitative estimate of drug-likeness (QED) is 0.667. The Labute approximate surface area is 144 Å². The minimum absolute atomic E-state index is 0.191. The lowest BCUT2D eigenvalue weighted by atomic mass is 10.0. The van der Waals surface area contributed by atoms with Gasteiger partial charge in [0, 0.05) is 17.0 Å². The van der Waals surface area contributed by atoms with Crippen LogP contribution in [-0.4, -0.2) is 12.6 Å². The number of fused-ring (bicyclic) bond motifs is 1. The van der Waals surface area contributed by atoms with E-state index in [2.05, 4.69) is 0 Å². The van der Waals surface area contributed by atoms with Gasteiger partial charge >= 0.3 is 5.97 Å². The maximum atomic E-state index is 12.5. The first kappa shape index (κ1) is 16.3. The summed E-state index contributed by atoms with van der Waals surface area (Å²) in [6.07, 6.45) is 0. The fourth-order valence-corrected chi connectivity index (χ4v) is 2.64. The predicted molar refractivity (Wildman–Crippen MR) is 91.8 cm³/mol. The Morgan fingerprint density at radius 1 is 1.12 bits per heavy atom. The summed E-state index contributed by atoms with van der Waals surface area (Å²) in [5, 5.41) is 18.9. The largest absolute Gasteiger partial charge is 0.462 e. The summed E-state index contributed by atoms with van der Waals surface area (Å²) in [7, 11) is 0. The zero-order chi connectivity index (χ0) is 18.0. The molecule has 0 aliphatic heterocycles. The van der Waals surface area contributed by atoms with Crippen LogP contribution in [-0.2, 0) is 4.74 Å². The summed E-state index contributed by atoms with van der Waals surface area (Å²) in [4.78, 5) is 12.5. The Hall–Kier alpha value is -3.57. The van der Waals surface area contributed by atoms with E-state index < -0.39 is 5.97 Å². The van der Waals surface area contributed by atoms with Crippen LogP contribution < -0.4 is 0 Å². The van der Waals surface area contributed by atoms with Crippen molar-refractivity contribution in [3.05, 3.63) is 58.7 Å². The number of carbonyl (C=O) groups excluding carboxylic acids is 1. The second kappa shape index (κ2) is 6.51. The number of hydrogen-bond acceptors (Lipinski definition) is 5. The number of furan rings is 1. The molecule has 0 saturated heterocycles. The second-order valence-corrected chi connectivity index (χ2v) is 5.51. The zero-order valence-corrected chi connectivity index (χ0v) is 13.8. The monoisotopic (exact) mass is 330 g/mol. The summed E-state index contributed by atoms with van der Waals surface area (Å²) in [5.41, 5.74) is 2.83.